The van der Waals surface area contributed by atoms with E-state index in [1.54, 1.807) is 24.3 Å². The van der Waals surface area contributed by atoms with E-state index in [0.29, 0.717) is 11.4 Å². The molecule has 4 aromatic heterocycles. The topological polar surface area (TPSA) is 61.4 Å². The molecule has 0 saturated heterocycles. The van der Waals surface area contributed by atoms with Crippen molar-refractivity contribution in [2.45, 2.75) is 50.9 Å². The van der Waals surface area contributed by atoms with Crippen LogP contribution >= 0.6 is 0 Å². The Morgan fingerprint density at radius 1 is 0.595 bits per heavy atom. The van der Waals surface area contributed by atoms with Gasteiger partial charge >= 0.3 is 33.4 Å². The molecule has 0 radical (unpaired) electrons. The number of alkyl halides is 6. The largest absolute Gasteiger partial charge is 2.00 e. The predicted molar refractivity (Wildman–Crippen MR) is 116 cm³/mol. The van der Waals surface area contributed by atoms with Crippen LogP contribution in [0.4, 0.5) is 26.3 Å². The molecule has 0 aliphatic heterocycles. The van der Waals surface area contributed by atoms with Crippen LogP contribution in [-0.2, 0) is 44.2 Å². The third-order valence-electron chi connectivity index (χ3n) is 6.39. The van der Waals surface area contributed by atoms with Gasteiger partial charge in [-0.2, -0.15) is 26.3 Å². The van der Waals surface area contributed by atoms with Crippen molar-refractivity contribution < 1.29 is 47.4 Å². The maximum absolute atomic E-state index is 13.0. The molecule has 0 amide bonds. The van der Waals surface area contributed by atoms with E-state index >= 15 is 0 Å². The summed E-state index contributed by atoms with van der Waals surface area (Å²) in [4.78, 5) is 9.08. The first kappa shape index (κ1) is 28.6. The maximum atomic E-state index is 13.0. The van der Waals surface area contributed by atoms with E-state index in [-0.39, 0.29) is 32.7 Å². The Morgan fingerprint density at radius 2 is 0.946 bits per heavy atom. The number of hydrogen-bond acceptors (Lipinski definition) is 4. The minimum absolute atomic E-state index is 0. The summed E-state index contributed by atoms with van der Waals surface area (Å²) in [6, 6.07) is 11.3. The number of pyridine rings is 2. The van der Waals surface area contributed by atoms with Gasteiger partial charge in [-0.05, 0) is 12.1 Å². The third-order valence-corrected chi connectivity index (χ3v) is 6.39. The molecule has 0 aliphatic rings. The van der Waals surface area contributed by atoms with Crippen LogP contribution in [0.5, 0.6) is 0 Å². The molecule has 0 saturated carbocycles. The maximum Gasteiger partial charge on any atom is 2.00 e. The van der Waals surface area contributed by atoms with Crippen LogP contribution in [0.1, 0.15) is 50.5 Å². The van der Waals surface area contributed by atoms with Gasteiger partial charge in [0.1, 0.15) is 0 Å². The average Bonchev–Trinajstić information content (AvgIpc) is 3.49. The monoisotopic (exact) mass is 701 g/mol. The molecular weight excluding hydrogens is 681 g/mol. The van der Waals surface area contributed by atoms with Crippen molar-refractivity contribution in [3.63, 3.8) is 0 Å². The summed E-state index contributed by atoms with van der Waals surface area (Å²) in [7, 11) is 0. The second-order valence-corrected chi connectivity index (χ2v) is 9.15. The molecule has 0 spiro atoms. The molecule has 198 valence electrons. The first-order valence-corrected chi connectivity index (χ1v) is 10.7. The molecule has 0 atom stereocenters. The molecule has 4 rings (SSSR count). The Hall–Kier alpha value is -3.01. The molecule has 0 aromatic carbocycles. The zero-order valence-electron chi connectivity index (χ0n) is 19.9. The zero-order valence-corrected chi connectivity index (χ0v) is 22.2. The standard InChI is InChI=1S/C24H20F6N6.Pt/c1-21(2,15-7-5-9-19(31-15)35-13-11-17(33-35)23(25,26)27)22(3,4)16-8-6-10-20(32-16)36-14-12-18(34-36)24(28,29)30;/h5-12H,1-4H3;/q-2;+2. The van der Waals surface area contributed by atoms with Crippen LogP contribution in [0.15, 0.2) is 48.5 Å². The summed E-state index contributed by atoms with van der Waals surface area (Å²) in [5.41, 5.74) is -2.56. The molecule has 0 unspecified atom stereocenters. The van der Waals surface area contributed by atoms with E-state index in [4.69, 9.17) is 0 Å². The molecule has 0 N–H and O–H groups in total. The molecule has 37 heavy (non-hydrogen) atoms. The zero-order chi connectivity index (χ0) is 26.5. The second kappa shape index (κ2) is 9.70. The van der Waals surface area contributed by atoms with Gasteiger partial charge in [-0.15, -0.1) is 12.1 Å². The summed E-state index contributed by atoms with van der Waals surface area (Å²) >= 11 is 0. The number of nitrogens with zero attached hydrogens (tertiary/aromatic N) is 6. The summed E-state index contributed by atoms with van der Waals surface area (Å²) in [5, 5.41) is 7.06. The van der Waals surface area contributed by atoms with Gasteiger partial charge in [0.2, 0.25) is 0 Å². The number of hydrogen-bond donors (Lipinski definition) is 0. The SMILES string of the molecule is CC(C)(c1cccc(-n2[c-]cc(C(F)(F)F)n2)n1)C(C)(C)c1cccc(-n2[c-]cc(C(F)(F)F)n2)n1.[Pt+2]. The smallest absolute Gasteiger partial charge is 0.343 e. The van der Waals surface area contributed by atoms with Crippen LogP contribution in [0.25, 0.3) is 11.6 Å². The van der Waals surface area contributed by atoms with Gasteiger partial charge < -0.3 is 9.36 Å². The van der Waals surface area contributed by atoms with Gasteiger partial charge in [-0.1, -0.05) is 64.4 Å². The van der Waals surface area contributed by atoms with E-state index in [1.165, 1.54) is 12.1 Å². The average molecular weight is 702 g/mol. The molecule has 0 fully saturated rings. The third kappa shape index (κ3) is 5.49. The van der Waals surface area contributed by atoms with Crippen molar-refractivity contribution in [3.05, 3.63) is 83.7 Å². The molecule has 4 aromatic rings. The fourth-order valence-electron chi connectivity index (χ4n) is 3.51. The van der Waals surface area contributed by atoms with Gasteiger partial charge in [0.25, 0.3) is 0 Å². The Kier molecular flexibility index (Phi) is 7.49. The van der Waals surface area contributed by atoms with Crippen molar-refractivity contribution >= 4 is 0 Å². The summed E-state index contributed by atoms with van der Waals surface area (Å²) in [6.45, 7) is 7.57. The predicted octanol–water partition coefficient (Wildman–Crippen LogP) is 5.74. The minimum atomic E-state index is -4.61. The first-order chi connectivity index (χ1) is 16.6. The molecule has 0 bridgehead atoms. The normalized spacial score (nSPS) is 12.9. The van der Waals surface area contributed by atoms with E-state index in [1.807, 2.05) is 27.7 Å². The summed E-state index contributed by atoms with van der Waals surface area (Å²) < 4.78 is 79.6. The summed E-state index contributed by atoms with van der Waals surface area (Å²) in [6.07, 6.45) is -4.35. The molecule has 13 heteroatoms. The number of halogens is 6. The van der Waals surface area contributed by atoms with Crippen molar-refractivity contribution in [1.29, 1.82) is 0 Å². The molecule has 0 aliphatic carbocycles. The van der Waals surface area contributed by atoms with E-state index in [9.17, 15) is 26.3 Å². The van der Waals surface area contributed by atoms with Gasteiger partial charge in [-0.25, -0.2) is 0 Å². The minimum Gasteiger partial charge on any atom is -0.343 e. The molecule has 6 nitrogen and oxygen atoms in total. The van der Waals surface area contributed by atoms with Crippen molar-refractivity contribution in [3.8, 4) is 11.6 Å². The Bertz CT molecular complexity index is 1280. The van der Waals surface area contributed by atoms with Crippen LogP contribution < -0.4 is 0 Å². The first-order valence-electron chi connectivity index (χ1n) is 10.7. The van der Waals surface area contributed by atoms with Gasteiger partial charge in [-0.3, -0.25) is 20.2 Å². The van der Waals surface area contributed by atoms with E-state index in [2.05, 4.69) is 32.6 Å². The van der Waals surface area contributed by atoms with E-state index in [0.717, 1.165) is 21.5 Å². The fourth-order valence-corrected chi connectivity index (χ4v) is 3.51. The van der Waals surface area contributed by atoms with Gasteiger partial charge in [0.05, 0.1) is 23.0 Å². The van der Waals surface area contributed by atoms with Crippen LogP contribution in [0.2, 0.25) is 0 Å². The van der Waals surface area contributed by atoms with Crippen LogP contribution in [-0.4, -0.2) is 29.5 Å². The molecule has 4 heterocycles. The Balaban J connectivity index is 0.00000380. The summed E-state index contributed by atoms with van der Waals surface area (Å²) in [5.74, 6) is 0.304. The number of aromatic nitrogens is 6. The van der Waals surface area contributed by atoms with Crippen molar-refractivity contribution in [2.24, 2.45) is 0 Å². The number of rotatable bonds is 5. The van der Waals surface area contributed by atoms with Gasteiger partial charge in [0, 0.05) is 22.2 Å². The molecular formula is C24H20F6N6Pt. The van der Waals surface area contributed by atoms with Gasteiger partial charge in [0.15, 0.2) is 0 Å². The second-order valence-electron chi connectivity index (χ2n) is 9.15. The Labute approximate surface area is 223 Å². The van der Waals surface area contributed by atoms with Crippen molar-refractivity contribution in [1.82, 2.24) is 29.5 Å². The van der Waals surface area contributed by atoms with Crippen LogP contribution in [0.3, 0.4) is 0 Å². The van der Waals surface area contributed by atoms with Crippen molar-refractivity contribution in [2.75, 3.05) is 0 Å². The Morgan fingerprint density at radius 3 is 1.24 bits per heavy atom. The quantitative estimate of drug-likeness (QED) is 0.197. The fraction of sp³-hybridized carbons (Fsp3) is 0.333. The van der Waals surface area contributed by atoms with Crippen LogP contribution in [0, 0.1) is 12.4 Å². The van der Waals surface area contributed by atoms with E-state index < -0.39 is 34.6 Å².